The van der Waals surface area contributed by atoms with Gasteiger partial charge in [-0.05, 0) is 0 Å². The SMILES string of the molecule is COC(=O)c1n[nH]nc1CC#N. The monoisotopic (exact) mass is 166 g/mol. The Morgan fingerprint density at radius 1 is 1.75 bits per heavy atom. The summed E-state index contributed by atoms with van der Waals surface area (Å²) in [5.41, 5.74) is 0.378. The lowest BCUT2D eigenvalue weighted by atomic mass is 10.2. The Morgan fingerprint density at radius 3 is 3.08 bits per heavy atom. The van der Waals surface area contributed by atoms with E-state index in [1.54, 1.807) is 0 Å². The lowest BCUT2D eigenvalue weighted by Gasteiger charge is -1.92. The van der Waals surface area contributed by atoms with Gasteiger partial charge in [0.15, 0.2) is 5.69 Å². The predicted octanol–water partition coefficient (Wildman–Crippen LogP) is -0.343. The number of aromatic nitrogens is 3. The fourth-order valence-corrected chi connectivity index (χ4v) is 0.711. The number of nitriles is 1. The third kappa shape index (κ3) is 1.40. The molecule has 62 valence electrons. The highest BCUT2D eigenvalue weighted by molar-refractivity contribution is 5.88. The summed E-state index contributed by atoms with van der Waals surface area (Å²) in [6.45, 7) is 0. The first-order valence-electron chi connectivity index (χ1n) is 3.14. The number of esters is 1. The van der Waals surface area contributed by atoms with Crippen LogP contribution in [0, 0.1) is 11.3 Å². The normalized spacial score (nSPS) is 9.00. The summed E-state index contributed by atoms with van der Waals surface area (Å²) in [5.74, 6) is -0.589. The molecule has 0 aliphatic rings. The zero-order valence-electron chi connectivity index (χ0n) is 6.37. The van der Waals surface area contributed by atoms with Crippen LogP contribution >= 0.6 is 0 Å². The molecule has 0 saturated carbocycles. The molecule has 0 bridgehead atoms. The molecule has 0 aliphatic heterocycles. The molecule has 0 atom stereocenters. The molecule has 0 radical (unpaired) electrons. The first kappa shape index (κ1) is 8.20. The van der Waals surface area contributed by atoms with Crippen molar-refractivity contribution >= 4 is 5.97 Å². The van der Waals surface area contributed by atoms with Crippen LogP contribution in [-0.2, 0) is 11.2 Å². The maximum absolute atomic E-state index is 10.9. The van der Waals surface area contributed by atoms with Gasteiger partial charge in [-0.1, -0.05) is 0 Å². The van der Waals surface area contributed by atoms with Crippen molar-refractivity contribution in [2.24, 2.45) is 0 Å². The van der Waals surface area contributed by atoms with E-state index in [2.05, 4.69) is 20.1 Å². The van der Waals surface area contributed by atoms with E-state index in [0.29, 0.717) is 5.69 Å². The molecule has 1 aromatic heterocycles. The van der Waals surface area contributed by atoms with Gasteiger partial charge in [-0.15, -0.1) is 5.10 Å². The zero-order chi connectivity index (χ0) is 8.97. The minimum atomic E-state index is -0.589. The standard InChI is InChI=1S/C6H6N4O2/c1-12-6(11)5-4(2-3-7)8-10-9-5/h2H2,1H3,(H,8,9,10). The maximum atomic E-state index is 10.9. The van der Waals surface area contributed by atoms with Crippen molar-refractivity contribution in [1.29, 1.82) is 5.26 Å². The Morgan fingerprint density at radius 2 is 2.50 bits per heavy atom. The first-order chi connectivity index (χ1) is 5.79. The Hall–Kier alpha value is -1.90. The summed E-state index contributed by atoms with van der Waals surface area (Å²) >= 11 is 0. The number of nitrogens with one attached hydrogen (secondary N) is 1. The van der Waals surface area contributed by atoms with Crippen LogP contribution in [0.25, 0.3) is 0 Å². The van der Waals surface area contributed by atoms with Crippen LogP contribution in [0.5, 0.6) is 0 Å². The van der Waals surface area contributed by atoms with Gasteiger partial charge >= 0.3 is 5.97 Å². The summed E-state index contributed by atoms with van der Waals surface area (Å²) in [7, 11) is 1.24. The lowest BCUT2D eigenvalue weighted by molar-refractivity contribution is 0.0593. The molecule has 1 aromatic rings. The minimum absolute atomic E-state index is 0.0426. The Labute approximate surface area is 68.1 Å². The molecule has 0 saturated heterocycles. The number of carbonyl (C=O) groups is 1. The van der Waals surface area contributed by atoms with Gasteiger partial charge in [-0.25, -0.2) is 4.79 Å². The van der Waals surface area contributed by atoms with Gasteiger partial charge in [0.1, 0.15) is 5.69 Å². The number of hydrogen-bond acceptors (Lipinski definition) is 5. The summed E-state index contributed by atoms with van der Waals surface area (Å²) in [5, 5.41) is 17.7. The van der Waals surface area contributed by atoms with Gasteiger partial charge < -0.3 is 4.74 Å². The molecule has 6 nitrogen and oxygen atoms in total. The van der Waals surface area contributed by atoms with Crippen LogP contribution in [0.3, 0.4) is 0 Å². The van der Waals surface area contributed by atoms with Crippen molar-refractivity contribution in [2.45, 2.75) is 6.42 Å². The van der Waals surface area contributed by atoms with Gasteiger partial charge in [0.05, 0.1) is 19.6 Å². The second kappa shape index (κ2) is 3.48. The van der Waals surface area contributed by atoms with E-state index in [1.165, 1.54) is 7.11 Å². The fourth-order valence-electron chi connectivity index (χ4n) is 0.711. The largest absolute Gasteiger partial charge is 0.464 e. The fraction of sp³-hybridized carbons (Fsp3) is 0.333. The Kier molecular flexibility index (Phi) is 2.38. The van der Waals surface area contributed by atoms with Gasteiger partial charge in [0.25, 0.3) is 0 Å². The van der Waals surface area contributed by atoms with Crippen molar-refractivity contribution in [3.05, 3.63) is 11.4 Å². The van der Waals surface area contributed by atoms with Crippen molar-refractivity contribution in [2.75, 3.05) is 7.11 Å². The Bertz CT molecular complexity index is 325. The second-order valence-electron chi connectivity index (χ2n) is 1.95. The van der Waals surface area contributed by atoms with Crippen molar-refractivity contribution < 1.29 is 9.53 Å². The van der Waals surface area contributed by atoms with Crippen molar-refractivity contribution in [3.63, 3.8) is 0 Å². The summed E-state index contributed by atoms with van der Waals surface area (Å²) in [6.07, 6.45) is 0.0426. The van der Waals surface area contributed by atoms with E-state index in [-0.39, 0.29) is 12.1 Å². The van der Waals surface area contributed by atoms with Crippen LogP contribution in [0.15, 0.2) is 0 Å². The van der Waals surface area contributed by atoms with Crippen LogP contribution < -0.4 is 0 Å². The van der Waals surface area contributed by atoms with Crippen LogP contribution in [0.4, 0.5) is 0 Å². The molecule has 1 rings (SSSR count). The van der Waals surface area contributed by atoms with Crippen molar-refractivity contribution in [1.82, 2.24) is 15.4 Å². The van der Waals surface area contributed by atoms with Crippen molar-refractivity contribution in [3.8, 4) is 6.07 Å². The van der Waals surface area contributed by atoms with E-state index in [4.69, 9.17) is 5.26 Å². The topological polar surface area (TPSA) is 91.7 Å². The van der Waals surface area contributed by atoms with Crippen LogP contribution in [0.1, 0.15) is 16.2 Å². The molecule has 0 aliphatic carbocycles. The second-order valence-corrected chi connectivity index (χ2v) is 1.95. The number of rotatable bonds is 2. The Balaban J connectivity index is 2.92. The molecular formula is C6H6N4O2. The molecule has 1 heterocycles. The number of methoxy groups -OCH3 is 1. The van der Waals surface area contributed by atoms with Gasteiger partial charge in [-0.2, -0.15) is 15.6 Å². The third-order valence-corrected chi connectivity index (χ3v) is 1.25. The van der Waals surface area contributed by atoms with E-state index in [9.17, 15) is 4.79 Å². The highest BCUT2D eigenvalue weighted by Gasteiger charge is 2.15. The van der Waals surface area contributed by atoms with Gasteiger partial charge in [0.2, 0.25) is 0 Å². The predicted molar refractivity (Wildman–Crippen MR) is 37.0 cm³/mol. The molecule has 0 unspecified atom stereocenters. The maximum Gasteiger partial charge on any atom is 0.360 e. The molecular weight excluding hydrogens is 160 g/mol. The average Bonchev–Trinajstić information content (AvgIpc) is 2.52. The van der Waals surface area contributed by atoms with Gasteiger partial charge in [0, 0.05) is 0 Å². The minimum Gasteiger partial charge on any atom is -0.464 e. The van der Waals surface area contributed by atoms with E-state index >= 15 is 0 Å². The van der Waals surface area contributed by atoms with Gasteiger partial charge in [-0.3, -0.25) is 0 Å². The molecule has 0 fully saturated rings. The van der Waals surface area contributed by atoms with E-state index in [1.807, 2.05) is 6.07 Å². The molecule has 0 amide bonds. The molecule has 0 spiro atoms. The number of ether oxygens (including phenoxy) is 1. The van der Waals surface area contributed by atoms with E-state index in [0.717, 1.165) is 0 Å². The summed E-state index contributed by atoms with van der Waals surface area (Å²) in [4.78, 5) is 10.9. The summed E-state index contributed by atoms with van der Waals surface area (Å²) in [6, 6.07) is 1.86. The molecule has 12 heavy (non-hydrogen) atoms. The quantitative estimate of drug-likeness (QED) is 0.606. The molecule has 6 heteroatoms. The lowest BCUT2D eigenvalue weighted by Crippen LogP contribution is -2.05. The third-order valence-electron chi connectivity index (χ3n) is 1.25. The number of aromatic amines is 1. The van der Waals surface area contributed by atoms with Crippen LogP contribution in [0.2, 0.25) is 0 Å². The number of hydrogen-bond donors (Lipinski definition) is 1. The van der Waals surface area contributed by atoms with E-state index < -0.39 is 5.97 Å². The summed E-state index contributed by atoms with van der Waals surface area (Å²) < 4.78 is 4.41. The molecule has 0 aromatic carbocycles. The smallest absolute Gasteiger partial charge is 0.360 e. The number of carbonyl (C=O) groups excluding carboxylic acids is 1. The number of H-pyrrole nitrogens is 1. The first-order valence-corrected chi connectivity index (χ1v) is 3.14. The average molecular weight is 166 g/mol. The number of nitrogens with zero attached hydrogens (tertiary/aromatic N) is 3. The highest BCUT2D eigenvalue weighted by Crippen LogP contribution is 2.02. The zero-order valence-corrected chi connectivity index (χ0v) is 6.37. The molecule has 1 N–H and O–H groups in total. The van der Waals surface area contributed by atoms with Crippen LogP contribution in [-0.4, -0.2) is 28.5 Å². The highest BCUT2D eigenvalue weighted by atomic mass is 16.5.